The molecular formula is C29H40O9. The van der Waals surface area contributed by atoms with Gasteiger partial charge in [-0.1, -0.05) is 33.3 Å². The van der Waals surface area contributed by atoms with Gasteiger partial charge in [0, 0.05) is 24.2 Å². The van der Waals surface area contributed by atoms with Crippen LogP contribution in [0.4, 0.5) is 9.59 Å². The highest BCUT2D eigenvalue weighted by Gasteiger charge is 2.71. The lowest BCUT2D eigenvalue weighted by Crippen LogP contribution is -2.62. The van der Waals surface area contributed by atoms with Gasteiger partial charge in [-0.3, -0.25) is 14.4 Å². The van der Waals surface area contributed by atoms with Crippen molar-refractivity contribution in [3.05, 3.63) is 11.6 Å². The molecule has 9 heteroatoms. The van der Waals surface area contributed by atoms with Gasteiger partial charge in [0.2, 0.25) is 5.78 Å². The highest BCUT2D eigenvalue weighted by Crippen LogP contribution is 2.67. The lowest BCUT2D eigenvalue weighted by Gasteiger charge is -2.57. The van der Waals surface area contributed by atoms with Crippen molar-refractivity contribution in [3.8, 4) is 0 Å². The van der Waals surface area contributed by atoms with Crippen LogP contribution < -0.4 is 0 Å². The number of carbonyl (C=O) groups is 5. The lowest BCUT2D eigenvalue weighted by atomic mass is 9.46. The van der Waals surface area contributed by atoms with Crippen molar-refractivity contribution in [3.63, 3.8) is 0 Å². The molecule has 0 saturated heterocycles. The first-order valence-electron chi connectivity index (χ1n) is 13.8. The van der Waals surface area contributed by atoms with Crippen LogP contribution in [-0.4, -0.2) is 55.1 Å². The van der Waals surface area contributed by atoms with Crippen LogP contribution in [0, 0.1) is 34.5 Å². The van der Waals surface area contributed by atoms with E-state index in [0.29, 0.717) is 19.3 Å². The van der Waals surface area contributed by atoms with Crippen LogP contribution in [-0.2, 0) is 33.3 Å². The van der Waals surface area contributed by atoms with Gasteiger partial charge in [-0.15, -0.1) is 0 Å². The first kappa shape index (κ1) is 28.3. The van der Waals surface area contributed by atoms with Gasteiger partial charge < -0.3 is 18.9 Å². The minimum atomic E-state index is -1.66. The summed E-state index contributed by atoms with van der Waals surface area (Å²) in [6, 6.07) is 0. The minimum absolute atomic E-state index is 0.00556. The topological polar surface area (TPSA) is 122 Å². The average molecular weight is 533 g/mol. The minimum Gasteiger partial charge on any atom is -0.435 e. The van der Waals surface area contributed by atoms with E-state index < -0.39 is 35.7 Å². The van der Waals surface area contributed by atoms with Gasteiger partial charge in [-0.05, 0) is 68.3 Å². The summed E-state index contributed by atoms with van der Waals surface area (Å²) in [4.78, 5) is 64.6. The van der Waals surface area contributed by atoms with Crippen molar-refractivity contribution in [2.45, 2.75) is 85.2 Å². The Hall–Kier alpha value is -2.71. The third-order valence-corrected chi connectivity index (χ3v) is 9.60. The van der Waals surface area contributed by atoms with Gasteiger partial charge in [0.25, 0.3) is 0 Å². The number of rotatable bonds is 7. The second-order valence-corrected chi connectivity index (χ2v) is 12.2. The van der Waals surface area contributed by atoms with Crippen LogP contribution in [0.25, 0.3) is 0 Å². The average Bonchev–Trinajstić information content (AvgIpc) is 3.13. The molecule has 0 N–H and O–H groups in total. The second kappa shape index (κ2) is 10.5. The van der Waals surface area contributed by atoms with Crippen molar-refractivity contribution in [1.82, 2.24) is 0 Å². The molecule has 0 unspecified atom stereocenters. The van der Waals surface area contributed by atoms with E-state index in [4.69, 9.17) is 18.9 Å². The number of ketones is 3. The smallest absolute Gasteiger partial charge is 0.435 e. The Morgan fingerprint density at radius 3 is 2.42 bits per heavy atom. The fourth-order valence-electron chi connectivity index (χ4n) is 7.86. The molecule has 0 radical (unpaired) electrons. The maximum absolute atomic E-state index is 14.0. The number of hydrogen-bond donors (Lipinski definition) is 0. The monoisotopic (exact) mass is 532 g/mol. The maximum atomic E-state index is 14.0. The van der Waals surface area contributed by atoms with Crippen molar-refractivity contribution in [2.75, 3.05) is 19.8 Å². The molecular weight excluding hydrogens is 492 g/mol. The Labute approximate surface area is 224 Å². The highest BCUT2D eigenvalue weighted by molar-refractivity contribution is 5.95. The number of fused-ring (bicyclic) bond motifs is 5. The number of hydrogen-bond acceptors (Lipinski definition) is 9. The van der Waals surface area contributed by atoms with Crippen molar-refractivity contribution in [2.24, 2.45) is 34.5 Å². The molecule has 0 aromatic rings. The van der Waals surface area contributed by atoms with Crippen LogP contribution >= 0.6 is 0 Å². The third-order valence-electron chi connectivity index (χ3n) is 9.60. The van der Waals surface area contributed by atoms with E-state index >= 15 is 0 Å². The predicted octanol–water partition coefficient (Wildman–Crippen LogP) is 4.99. The summed E-state index contributed by atoms with van der Waals surface area (Å²) in [5, 5.41) is 0. The molecule has 0 amide bonds. The van der Waals surface area contributed by atoms with Crippen LogP contribution in [0.2, 0.25) is 0 Å². The molecule has 0 aromatic carbocycles. The highest BCUT2D eigenvalue weighted by atomic mass is 16.7. The first-order chi connectivity index (χ1) is 17.9. The second-order valence-electron chi connectivity index (χ2n) is 12.2. The van der Waals surface area contributed by atoms with E-state index in [-0.39, 0.29) is 66.7 Å². The summed E-state index contributed by atoms with van der Waals surface area (Å²) < 4.78 is 21.0. The Morgan fingerprint density at radius 1 is 1.00 bits per heavy atom. The number of allylic oxidation sites excluding steroid dienone is 1. The quantitative estimate of drug-likeness (QED) is 0.417. The van der Waals surface area contributed by atoms with Crippen molar-refractivity contribution >= 4 is 29.7 Å². The zero-order valence-corrected chi connectivity index (χ0v) is 23.1. The van der Waals surface area contributed by atoms with E-state index in [0.717, 1.165) is 18.4 Å². The van der Waals surface area contributed by atoms with Crippen LogP contribution in [0.5, 0.6) is 0 Å². The van der Waals surface area contributed by atoms with Crippen molar-refractivity contribution < 1.29 is 42.9 Å². The number of carbonyl (C=O) groups excluding carboxylic acids is 5. The predicted molar refractivity (Wildman–Crippen MR) is 135 cm³/mol. The molecule has 3 fully saturated rings. The van der Waals surface area contributed by atoms with E-state index in [9.17, 15) is 24.0 Å². The molecule has 0 spiro atoms. The summed E-state index contributed by atoms with van der Waals surface area (Å²) in [7, 11) is 0. The molecule has 3 saturated carbocycles. The number of Topliss-reactive ketones (excluding diaryl/α,β-unsaturated/α-hetero) is 2. The zero-order valence-electron chi connectivity index (χ0n) is 23.1. The van der Waals surface area contributed by atoms with Gasteiger partial charge in [-0.25, -0.2) is 9.59 Å². The van der Waals surface area contributed by atoms with Gasteiger partial charge >= 0.3 is 12.3 Å². The molecule has 4 rings (SSSR count). The SMILES string of the molecule is CCOC(=O)O[C@]1(C(=O)COC(=O)OCC(C)C)CC[C@H]2[C@@H]3CCC4=CC(=O)CC[C@]4(C)[C@H]3C(=O)C[C@@]21C. The molecule has 0 heterocycles. The summed E-state index contributed by atoms with van der Waals surface area (Å²) in [5.74, 6) is -0.647. The van der Waals surface area contributed by atoms with Gasteiger partial charge in [-0.2, -0.15) is 0 Å². The zero-order chi connectivity index (χ0) is 27.9. The van der Waals surface area contributed by atoms with Gasteiger partial charge in [0.15, 0.2) is 18.0 Å². The van der Waals surface area contributed by atoms with Crippen LogP contribution in [0.3, 0.4) is 0 Å². The lowest BCUT2D eigenvalue weighted by molar-refractivity contribution is -0.175. The Bertz CT molecular complexity index is 1040. The van der Waals surface area contributed by atoms with E-state index in [2.05, 4.69) is 6.92 Å². The molecule has 38 heavy (non-hydrogen) atoms. The Balaban J connectivity index is 1.64. The Kier molecular flexibility index (Phi) is 7.79. The molecule has 0 bridgehead atoms. The molecule has 0 aromatic heterocycles. The molecule has 0 aliphatic heterocycles. The fraction of sp³-hybridized carbons (Fsp3) is 0.759. The van der Waals surface area contributed by atoms with Gasteiger partial charge in [0.1, 0.15) is 5.78 Å². The Morgan fingerprint density at radius 2 is 1.74 bits per heavy atom. The number of ether oxygens (including phenoxy) is 4. The van der Waals surface area contributed by atoms with E-state index in [1.165, 1.54) is 0 Å². The van der Waals surface area contributed by atoms with Crippen LogP contribution in [0.15, 0.2) is 11.6 Å². The molecule has 4 aliphatic carbocycles. The summed E-state index contributed by atoms with van der Waals surface area (Å²) >= 11 is 0. The standard InChI is InChI=1S/C29H40O9/c1-6-35-26(34)38-29(23(32)16-37-25(33)36-15-17(2)3)12-10-21-20-8-7-18-13-19(30)9-11-27(18,4)24(20)22(31)14-28(21,29)5/h13,17,20-21,24H,6-12,14-16H2,1-5H3/t20-,21-,24+,27-,28-,29-/m0/s1. The third kappa shape index (κ3) is 4.66. The van der Waals surface area contributed by atoms with Crippen molar-refractivity contribution in [1.29, 1.82) is 0 Å². The molecule has 9 nitrogen and oxygen atoms in total. The van der Waals surface area contributed by atoms with Gasteiger partial charge in [0.05, 0.1) is 13.2 Å². The normalized spacial score (nSPS) is 35.9. The van der Waals surface area contributed by atoms with Crippen LogP contribution in [0.1, 0.15) is 79.6 Å². The summed E-state index contributed by atoms with van der Waals surface area (Å²) in [6.45, 7) is 8.93. The maximum Gasteiger partial charge on any atom is 0.509 e. The van der Waals surface area contributed by atoms with E-state index in [1.807, 2.05) is 20.8 Å². The summed E-state index contributed by atoms with van der Waals surface area (Å²) in [5.41, 5.74) is -1.97. The largest absolute Gasteiger partial charge is 0.509 e. The fourth-order valence-corrected chi connectivity index (χ4v) is 7.86. The molecule has 6 atom stereocenters. The summed E-state index contributed by atoms with van der Waals surface area (Å²) in [6.07, 6.45) is 3.17. The first-order valence-corrected chi connectivity index (χ1v) is 13.8. The molecule has 4 aliphatic rings. The molecule has 210 valence electrons. The van der Waals surface area contributed by atoms with E-state index in [1.54, 1.807) is 13.0 Å².